The Balaban J connectivity index is 0.000000360. The first-order valence-electron chi connectivity index (χ1n) is 8.15. The molecule has 128 valence electrons. The van der Waals surface area contributed by atoms with Crippen LogP contribution in [0.2, 0.25) is 0 Å². The molecule has 2 aromatic rings. The molecule has 2 aromatic carbocycles. The number of hydrogen-bond donors (Lipinski definition) is 0. The van der Waals surface area contributed by atoms with Crippen LogP contribution < -0.4 is 0 Å². The Morgan fingerprint density at radius 2 is 1.35 bits per heavy atom. The van der Waals surface area contributed by atoms with E-state index < -0.39 is 20.8 Å². The molecule has 0 atom stereocenters. The van der Waals surface area contributed by atoms with Crippen molar-refractivity contribution in [1.29, 1.82) is 0 Å². The predicted octanol–water partition coefficient (Wildman–Crippen LogP) is 7.16. The zero-order valence-corrected chi connectivity index (χ0v) is 19.8. The van der Waals surface area contributed by atoms with Gasteiger partial charge in [0, 0.05) is 0 Å². The molecule has 0 aliphatic carbocycles. The number of hydrogen-bond acceptors (Lipinski definition) is 0. The number of aryl methyl sites for hydroxylation is 3. The van der Waals surface area contributed by atoms with Crippen molar-refractivity contribution in [3.8, 4) is 0 Å². The summed E-state index contributed by atoms with van der Waals surface area (Å²) >= 11 is -0.826. The van der Waals surface area contributed by atoms with Crippen molar-refractivity contribution in [3.05, 3.63) is 56.6 Å². The molecule has 0 aliphatic rings. The molecule has 0 bridgehead atoms. The molecular weight excluding hydrogens is 402 g/mol. The van der Waals surface area contributed by atoms with Crippen LogP contribution in [0.1, 0.15) is 58.4 Å². The second-order valence-electron chi connectivity index (χ2n) is 5.98. The van der Waals surface area contributed by atoms with Gasteiger partial charge in [0.2, 0.25) is 0 Å². The van der Waals surface area contributed by atoms with Crippen molar-refractivity contribution in [2.24, 2.45) is 0 Å². The first-order valence-corrected chi connectivity index (χ1v) is 14.5. The van der Waals surface area contributed by atoms with Crippen LogP contribution in [0.4, 0.5) is 0 Å². The van der Waals surface area contributed by atoms with E-state index in [0.717, 1.165) is 0 Å². The number of halogens is 2. The maximum atomic E-state index is 4.93. The fourth-order valence-corrected chi connectivity index (χ4v) is 2.74. The monoisotopic (exact) mass is 430 g/mol. The quantitative estimate of drug-likeness (QED) is 0.442. The van der Waals surface area contributed by atoms with Gasteiger partial charge in [0.1, 0.15) is 0 Å². The van der Waals surface area contributed by atoms with Gasteiger partial charge in [-0.3, -0.25) is 0 Å². The van der Waals surface area contributed by atoms with E-state index in [1.807, 2.05) is 0 Å². The normalized spacial score (nSPS) is 9.48. The van der Waals surface area contributed by atoms with Crippen LogP contribution >= 0.6 is 17.0 Å². The van der Waals surface area contributed by atoms with Crippen molar-refractivity contribution in [2.45, 2.75) is 68.2 Å². The Morgan fingerprint density at radius 3 is 1.52 bits per heavy atom. The standard InChI is InChI=1S/2C10H15.2ClH.Zr/c1-6-7(2)9(4)10(5)8(6)3;1-4-9-6-8(3)10(5-2)7-9;;;/h1-5H3;6-7H,4-5H2,1-3H3;2*1H;/q2*-1;;;+4/p-2. The molecule has 0 nitrogen and oxygen atoms in total. The van der Waals surface area contributed by atoms with Crippen LogP contribution in [-0.2, 0) is 33.7 Å². The van der Waals surface area contributed by atoms with Gasteiger partial charge in [0.25, 0.3) is 0 Å². The van der Waals surface area contributed by atoms with E-state index in [4.69, 9.17) is 17.0 Å². The molecule has 2 rings (SSSR count). The van der Waals surface area contributed by atoms with Crippen LogP contribution in [0.5, 0.6) is 0 Å². The third-order valence-electron chi connectivity index (χ3n) is 4.87. The molecule has 3 heteroatoms. The van der Waals surface area contributed by atoms with Gasteiger partial charge in [0.05, 0.1) is 0 Å². The summed E-state index contributed by atoms with van der Waals surface area (Å²) in [6.45, 7) is 17.6. The van der Waals surface area contributed by atoms with E-state index in [-0.39, 0.29) is 0 Å². The van der Waals surface area contributed by atoms with Crippen molar-refractivity contribution in [2.75, 3.05) is 0 Å². The molecule has 0 saturated heterocycles. The zero-order valence-electron chi connectivity index (χ0n) is 15.8. The molecule has 0 aromatic heterocycles. The first kappa shape index (κ1) is 23.2. The molecule has 0 radical (unpaired) electrons. The molecule has 0 fully saturated rings. The maximum absolute atomic E-state index is 4.93. The molecular formula is C20H30Cl2Zr. The summed E-state index contributed by atoms with van der Waals surface area (Å²) in [7, 11) is 9.87. The third-order valence-corrected chi connectivity index (χ3v) is 4.87. The Kier molecular flexibility index (Phi) is 11.8. The van der Waals surface area contributed by atoms with Gasteiger partial charge in [-0.15, -0.1) is 0 Å². The minimum absolute atomic E-state index is 0.826. The summed E-state index contributed by atoms with van der Waals surface area (Å²) in [4.78, 5) is 0. The van der Waals surface area contributed by atoms with Crippen molar-refractivity contribution in [3.63, 3.8) is 0 Å². The second kappa shape index (κ2) is 11.7. The van der Waals surface area contributed by atoms with Gasteiger partial charge in [-0.05, 0) is 0 Å². The van der Waals surface area contributed by atoms with Crippen LogP contribution in [-0.4, -0.2) is 0 Å². The van der Waals surface area contributed by atoms with Gasteiger partial charge in [-0.25, -0.2) is 6.07 Å². The van der Waals surface area contributed by atoms with E-state index in [2.05, 4.69) is 67.5 Å². The minimum atomic E-state index is -0.826. The third kappa shape index (κ3) is 6.89. The van der Waals surface area contributed by atoms with Gasteiger partial charge in [0.15, 0.2) is 0 Å². The summed E-state index contributed by atoms with van der Waals surface area (Å²) in [5, 5.41) is 0. The average Bonchev–Trinajstić information content (AvgIpc) is 2.99. The second-order valence-corrected chi connectivity index (χ2v) is 9.71. The van der Waals surface area contributed by atoms with E-state index in [1.165, 1.54) is 57.3 Å². The molecule has 0 unspecified atom stereocenters. The Hall–Kier alpha value is 0.163. The molecule has 0 saturated carbocycles. The summed E-state index contributed by atoms with van der Waals surface area (Å²) < 4.78 is 0. The molecule has 0 amide bonds. The summed E-state index contributed by atoms with van der Waals surface area (Å²) in [6.07, 6.45) is 2.34. The predicted molar refractivity (Wildman–Crippen MR) is 103 cm³/mol. The summed E-state index contributed by atoms with van der Waals surface area (Å²) in [6, 6.07) is 4.61. The summed E-state index contributed by atoms with van der Waals surface area (Å²) in [5.41, 5.74) is 11.8. The van der Waals surface area contributed by atoms with Crippen LogP contribution in [0.3, 0.4) is 0 Å². The van der Waals surface area contributed by atoms with Gasteiger partial charge in [-0.1, -0.05) is 68.2 Å². The van der Waals surface area contributed by atoms with Crippen LogP contribution in [0, 0.1) is 41.5 Å². The molecule has 0 N–H and O–H groups in total. The molecule has 0 spiro atoms. The molecule has 23 heavy (non-hydrogen) atoms. The average molecular weight is 433 g/mol. The van der Waals surface area contributed by atoms with Gasteiger partial charge in [-0.2, -0.15) is 50.6 Å². The summed E-state index contributed by atoms with van der Waals surface area (Å²) in [5.74, 6) is 0. The van der Waals surface area contributed by atoms with Crippen LogP contribution in [0.15, 0.2) is 12.1 Å². The first-order chi connectivity index (χ1) is 10.7. The van der Waals surface area contributed by atoms with Crippen molar-refractivity contribution >= 4 is 17.0 Å². The van der Waals surface area contributed by atoms with Crippen LogP contribution in [0.25, 0.3) is 0 Å². The van der Waals surface area contributed by atoms with E-state index in [9.17, 15) is 0 Å². The SMILES string of the molecule is CCc1cc(CC)[c-](C)c1.Cc1c(C)c(C)[c-](C)c1C.[Cl][Zr+2][Cl]. The van der Waals surface area contributed by atoms with Gasteiger partial charge < -0.3 is 0 Å². The van der Waals surface area contributed by atoms with Crippen molar-refractivity contribution in [1.82, 2.24) is 0 Å². The van der Waals surface area contributed by atoms with E-state index in [0.29, 0.717) is 0 Å². The molecule has 0 aliphatic heterocycles. The Labute approximate surface area is 162 Å². The fourth-order valence-electron chi connectivity index (χ4n) is 2.74. The topological polar surface area (TPSA) is 0 Å². The van der Waals surface area contributed by atoms with E-state index in [1.54, 1.807) is 0 Å². The fraction of sp³-hybridized carbons (Fsp3) is 0.500. The molecule has 0 heterocycles. The van der Waals surface area contributed by atoms with E-state index >= 15 is 0 Å². The zero-order chi connectivity index (χ0) is 18.2. The van der Waals surface area contributed by atoms with Gasteiger partial charge >= 0.3 is 37.9 Å². The Bertz CT molecular complexity index is 511. The van der Waals surface area contributed by atoms with Crippen molar-refractivity contribution < 1.29 is 20.8 Å². The Morgan fingerprint density at radius 1 is 0.913 bits per heavy atom. The number of rotatable bonds is 2.